The molecule has 106 valence electrons. The maximum atomic E-state index is 6.01. The smallest absolute Gasteiger partial charge is 0.212 e. The van der Waals surface area contributed by atoms with Crippen molar-refractivity contribution in [3.63, 3.8) is 0 Å². The van der Waals surface area contributed by atoms with E-state index in [-0.39, 0.29) is 6.04 Å². The van der Waals surface area contributed by atoms with Crippen LogP contribution in [-0.2, 0) is 6.42 Å². The van der Waals surface area contributed by atoms with Gasteiger partial charge in [0.15, 0.2) is 0 Å². The Kier molecular flexibility index (Phi) is 4.53. The normalized spacial score (nSPS) is 12.2. The van der Waals surface area contributed by atoms with Gasteiger partial charge in [0.25, 0.3) is 0 Å². The van der Waals surface area contributed by atoms with Crippen molar-refractivity contribution in [2.75, 3.05) is 19.9 Å². The number of aryl methyl sites for hydroxylation is 1. The number of hydrogen-bond donors (Lipinski definition) is 2. The van der Waals surface area contributed by atoms with E-state index in [0.29, 0.717) is 11.7 Å². The van der Waals surface area contributed by atoms with Crippen molar-refractivity contribution in [3.8, 4) is 5.88 Å². The third kappa shape index (κ3) is 3.05. The molecule has 2 rings (SSSR count). The Balaban J connectivity index is 2.24. The van der Waals surface area contributed by atoms with Gasteiger partial charge in [-0.2, -0.15) is 0 Å². The van der Waals surface area contributed by atoms with Crippen LogP contribution in [-0.4, -0.2) is 24.1 Å². The summed E-state index contributed by atoms with van der Waals surface area (Å²) in [6, 6.07) is 5.96. The number of hydrogen-bond acceptors (Lipinski definition) is 5. The SMILES string of the molecule is CNC(Cc1ccc(OC)nc1)c1c(C)ccnc1N. The molecule has 0 spiro atoms. The van der Waals surface area contributed by atoms with Gasteiger partial charge in [-0.25, -0.2) is 9.97 Å². The molecule has 0 saturated heterocycles. The lowest BCUT2D eigenvalue weighted by molar-refractivity contribution is 0.397. The number of nitrogens with one attached hydrogen (secondary N) is 1. The third-order valence-corrected chi connectivity index (χ3v) is 3.38. The molecule has 0 fully saturated rings. The van der Waals surface area contributed by atoms with E-state index in [1.54, 1.807) is 13.3 Å². The van der Waals surface area contributed by atoms with Gasteiger partial charge in [0, 0.05) is 30.1 Å². The summed E-state index contributed by atoms with van der Waals surface area (Å²) < 4.78 is 5.07. The molecule has 0 radical (unpaired) electrons. The van der Waals surface area contributed by atoms with E-state index in [4.69, 9.17) is 10.5 Å². The molecule has 0 aliphatic carbocycles. The molecule has 20 heavy (non-hydrogen) atoms. The largest absolute Gasteiger partial charge is 0.481 e. The van der Waals surface area contributed by atoms with Crippen LogP contribution < -0.4 is 15.8 Å². The number of aromatic nitrogens is 2. The van der Waals surface area contributed by atoms with Crippen molar-refractivity contribution >= 4 is 5.82 Å². The lowest BCUT2D eigenvalue weighted by atomic mass is 9.97. The Morgan fingerprint density at radius 2 is 2.10 bits per heavy atom. The number of pyridine rings is 2. The fourth-order valence-electron chi connectivity index (χ4n) is 2.28. The third-order valence-electron chi connectivity index (χ3n) is 3.38. The van der Waals surface area contributed by atoms with Crippen LogP contribution in [0.15, 0.2) is 30.6 Å². The minimum Gasteiger partial charge on any atom is -0.481 e. The first-order valence-corrected chi connectivity index (χ1v) is 6.53. The van der Waals surface area contributed by atoms with Crippen molar-refractivity contribution in [3.05, 3.63) is 47.3 Å². The highest BCUT2D eigenvalue weighted by atomic mass is 16.5. The van der Waals surface area contributed by atoms with Crippen molar-refractivity contribution in [2.45, 2.75) is 19.4 Å². The second-order valence-electron chi connectivity index (χ2n) is 4.68. The molecular formula is C15H20N4O. The number of nitrogens with zero attached hydrogens (tertiary/aromatic N) is 2. The lowest BCUT2D eigenvalue weighted by Crippen LogP contribution is -2.21. The first-order chi connectivity index (χ1) is 9.65. The molecule has 0 aromatic carbocycles. The van der Waals surface area contributed by atoms with Gasteiger partial charge in [-0.1, -0.05) is 6.07 Å². The molecule has 1 unspecified atom stereocenters. The van der Waals surface area contributed by atoms with Crippen molar-refractivity contribution in [2.24, 2.45) is 0 Å². The highest BCUT2D eigenvalue weighted by molar-refractivity contribution is 5.46. The first kappa shape index (κ1) is 14.3. The van der Waals surface area contributed by atoms with Crippen LogP contribution in [0.2, 0.25) is 0 Å². The standard InChI is InChI=1S/C15H20N4O/c1-10-6-7-18-15(16)14(10)12(17-2)8-11-4-5-13(20-3)19-9-11/h4-7,9,12,17H,8H2,1-3H3,(H2,16,18). The quantitative estimate of drug-likeness (QED) is 0.869. The average molecular weight is 272 g/mol. The summed E-state index contributed by atoms with van der Waals surface area (Å²) in [6.45, 7) is 2.05. The number of anilines is 1. The summed E-state index contributed by atoms with van der Waals surface area (Å²) in [5.41, 5.74) is 9.31. The second kappa shape index (κ2) is 6.34. The molecule has 2 heterocycles. The van der Waals surface area contributed by atoms with E-state index in [0.717, 1.165) is 23.1 Å². The van der Waals surface area contributed by atoms with Crippen LogP contribution in [0.3, 0.4) is 0 Å². The van der Waals surface area contributed by atoms with Crippen molar-refractivity contribution in [1.29, 1.82) is 0 Å². The van der Waals surface area contributed by atoms with Gasteiger partial charge in [0.05, 0.1) is 7.11 Å². The second-order valence-corrected chi connectivity index (χ2v) is 4.68. The molecular weight excluding hydrogens is 252 g/mol. The molecule has 0 bridgehead atoms. The molecule has 1 atom stereocenters. The summed E-state index contributed by atoms with van der Waals surface area (Å²) >= 11 is 0. The topological polar surface area (TPSA) is 73.1 Å². The summed E-state index contributed by atoms with van der Waals surface area (Å²) in [6.07, 6.45) is 4.35. The minimum atomic E-state index is 0.110. The monoisotopic (exact) mass is 272 g/mol. The maximum absolute atomic E-state index is 6.01. The Labute approximate surface area is 119 Å². The highest BCUT2D eigenvalue weighted by Gasteiger charge is 2.16. The molecule has 5 heteroatoms. The number of nitrogens with two attached hydrogens (primary N) is 1. The molecule has 5 nitrogen and oxygen atoms in total. The minimum absolute atomic E-state index is 0.110. The molecule has 2 aromatic rings. The molecule has 0 aliphatic rings. The Morgan fingerprint density at radius 3 is 2.65 bits per heavy atom. The zero-order chi connectivity index (χ0) is 14.5. The van der Waals surface area contributed by atoms with Gasteiger partial charge in [-0.05, 0) is 37.6 Å². The summed E-state index contributed by atoms with van der Waals surface area (Å²) in [7, 11) is 3.53. The Hall–Kier alpha value is -2.14. The van der Waals surface area contributed by atoms with Crippen LogP contribution in [0.4, 0.5) is 5.82 Å². The number of ether oxygens (including phenoxy) is 1. The highest BCUT2D eigenvalue weighted by Crippen LogP contribution is 2.25. The molecule has 0 saturated carbocycles. The summed E-state index contributed by atoms with van der Waals surface area (Å²) in [5, 5.41) is 3.30. The van der Waals surface area contributed by atoms with Gasteiger partial charge < -0.3 is 15.8 Å². The lowest BCUT2D eigenvalue weighted by Gasteiger charge is -2.20. The van der Waals surface area contributed by atoms with E-state index in [1.807, 2.05) is 38.4 Å². The Bertz CT molecular complexity index is 548. The van der Waals surface area contributed by atoms with Crippen LogP contribution in [0.5, 0.6) is 5.88 Å². The van der Waals surface area contributed by atoms with Gasteiger partial charge >= 0.3 is 0 Å². The zero-order valence-corrected chi connectivity index (χ0v) is 12.1. The van der Waals surface area contributed by atoms with Crippen molar-refractivity contribution < 1.29 is 4.74 Å². The maximum Gasteiger partial charge on any atom is 0.212 e. The molecule has 0 amide bonds. The number of rotatable bonds is 5. The number of likely N-dealkylation sites (N-methyl/N-ethyl adjacent to an activating group) is 1. The summed E-state index contributed by atoms with van der Waals surface area (Å²) in [4.78, 5) is 8.41. The molecule has 3 N–H and O–H groups in total. The zero-order valence-electron chi connectivity index (χ0n) is 12.1. The fourth-order valence-corrected chi connectivity index (χ4v) is 2.28. The van der Waals surface area contributed by atoms with Crippen LogP contribution >= 0.6 is 0 Å². The first-order valence-electron chi connectivity index (χ1n) is 6.53. The predicted molar refractivity (Wildman–Crippen MR) is 79.7 cm³/mol. The van der Waals surface area contributed by atoms with Crippen LogP contribution in [0, 0.1) is 6.92 Å². The van der Waals surface area contributed by atoms with Gasteiger partial charge in [-0.15, -0.1) is 0 Å². The summed E-state index contributed by atoms with van der Waals surface area (Å²) in [5.74, 6) is 1.19. The van der Waals surface area contributed by atoms with Gasteiger partial charge in [-0.3, -0.25) is 0 Å². The number of nitrogen functional groups attached to an aromatic ring is 1. The van der Waals surface area contributed by atoms with E-state index in [1.165, 1.54) is 0 Å². The van der Waals surface area contributed by atoms with Gasteiger partial charge in [0.2, 0.25) is 5.88 Å². The van der Waals surface area contributed by atoms with Crippen molar-refractivity contribution in [1.82, 2.24) is 15.3 Å². The van der Waals surface area contributed by atoms with Crippen LogP contribution in [0.25, 0.3) is 0 Å². The van der Waals surface area contributed by atoms with Gasteiger partial charge in [0.1, 0.15) is 5.82 Å². The van der Waals surface area contributed by atoms with Crippen LogP contribution in [0.1, 0.15) is 22.7 Å². The Morgan fingerprint density at radius 1 is 1.30 bits per heavy atom. The van der Waals surface area contributed by atoms with E-state index in [2.05, 4.69) is 15.3 Å². The fraction of sp³-hybridized carbons (Fsp3) is 0.333. The average Bonchev–Trinajstić information content (AvgIpc) is 2.46. The van der Waals surface area contributed by atoms with E-state index >= 15 is 0 Å². The predicted octanol–water partition coefficient (Wildman–Crippen LogP) is 1.88. The molecule has 2 aromatic heterocycles. The number of methoxy groups -OCH3 is 1. The van der Waals surface area contributed by atoms with E-state index < -0.39 is 0 Å². The molecule has 0 aliphatic heterocycles. The van der Waals surface area contributed by atoms with E-state index in [9.17, 15) is 0 Å².